The van der Waals surface area contributed by atoms with Gasteiger partial charge in [0.1, 0.15) is 18.2 Å². The minimum absolute atomic E-state index is 0.0861. The fourth-order valence-electron chi connectivity index (χ4n) is 4.47. The van der Waals surface area contributed by atoms with Gasteiger partial charge in [0, 0.05) is 35.1 Å². The first-order valence-corrected chi connectivity index (χ1v) is 12.3. The fraction of sp³-hybridized carbons (Fsp3) is 0.321. The van der Waals surface area contributed by atoms with Crippen molar-refractivity contribution in [1.82, 2.24) is 20.5 Å². The number of carbonyl (C=O) groups excluding carboxylic acids is 1. The lowest BCUT2D eigenvalue weighted by atomic mass is 9.86. The molecule has 1 aliphatic rings. The molecule has 3 heterocycles. The number of amides is 1. The molecule has 1 saturated heterocycles. The number of ether oxygens (including phenoxy) is 1. The Labute approximate surface area is 210 Å². The van der Waals surface area contributed by atoms with Gasteiger partial charge >= 0.3 is 0 Å². The lowest BCUT2D eigenvalue weighted by molar-refractivity contribution is 0.102. The fourth-order valence-corrected chi connectivity index (χ4v) is 4.47. The van der Waals surface area contributed by atoms with Crippen LogP contribution in [0.4, 0.5) is 17.2 Å². The van der Waals surface area contributed by atoms with Crippen LogP contribution in [0, 0.1) is 0 Å². The van der Waals surface area contributed by atoms with Crippen molar-refractivity contribution in [3.8, 4) is 5.75 Å². The SMILES string of the molecule is CC(C)(C)c1ccc(NC(=O)c2cccnc2Nc2ccc3cn[nH]c3c2)cc1OC[C@@H]1CCCN1. The van der Waals surface area contributed by atoms with Crippen molar-refractivity contribution < 1.29 is 9.53 Å². The maximum atomic E-state index is 13.3. The smallest absolute Gasteiger partial charge is 0.259 e. The Bertz CT molecular complexity index is 1370. The second kappa shape index (κ2) is 9.99. The third-order valence-electron chi connectivity index (χ3n) is 6.41. The van der Waals surface area contributed by atoms with E-state index in [0.29, 0.717) is 29.7 Å². The first-order chi connectivity index (χ1) is 17.4. The lowest BCUT2D eigenvalue weighted by Gasteiger charge is -2.24. The van der Waals surface area contributed by atoms with Crippen molar-refractivity contribution in [3.63, 3.8) is 0 Å². The lowest BCUT2D eigenvalue weighted by Crippen LogP contribution is -2.28. The van der Waals surface area contributed by atoms with E-state index in [2.05, 4.69) is 51.9 Å². The summed E-state index contributed by atoms with van der Waals surface area (Å²) in [5, 5.41) is 17.8. The molecule has 2 aromatic carbocycles. The highest BCUT2D eigenvalue weighted by atomic mass is 16.5. The Morgan fingerprint density at radius 3 is 2.81 bits per heavy atom. The zero-order valence-corrected chi connectivity index (χ0v) is 20.9. The molecule has 0 aliphatic carbocycles. The molecule has 8 nitrogen and oxygen atoms in total. The number of anilines is 3. The van der Waals surface area contributed by atoms with Gasteiger partial charge in [-0.2, -0.15) is 5.10 Å². The predicted molar refractivity (Wildman–Crippen MR) is 143 cm³/mol. The molecule has 1 aliphatic heterocycles. The summed E-state index contributed by atoms with van der Waals surface area (Å²) in [5.41, 5.74) is 3.86. The Hall–Kier alpha value is -3.91. The summed E-state index contributed by atoms with van der Waals surface area (Å²) < 4.78 is 6.26. The first kappa shape index (κ1) is 23.8. The molecule has 0 radical (unpaired) electrons. The van der Waals surface area contributed by atoms with Crippen LogP contribution in [0.5, 0.6) is 5.75 Å². The number of carbonyl (C=O) groups is 1. The average molecular weight is 485 g/mol. The Kier molecular flexibility index (Phi) is 6.61. The molecule has 1 amide bonds. The van der Waals surface area contributed by atoms with Gasteiger partial charge in [-0.1, -0.05) is 26.8 Å². The van der Waals surface area contributed by atoms with Crippen LogP contribution in [0.2, 0.25) is 0 Å². The van der Waals surface area contributed by atoms with E-state index >= 15 is 0 Å². The monoisotopic (exact) mass is 484 g/mol. The Morgan fingerprint density at radius 2 is 2.00 bits per heavy atom. The maximum absolute atomic E-state index is 13.3. The zero-order valence-electron chi connectivity index (χ0n) is 20.9. The number of hydrogen-bond acceptors (Lipinski definition) is 6. The van der Waals surface area contributed by atoms with Gasteiger partial charge in [0.15, 0.2) is 0 Å². The molecule has 0 unspecified atom stereocenters. The van der Waals surface area contributed by atoms with E-state index in [4.69, 9.17) is 4.74 Å². The van der Waals surface area contributed by atoms with E-state index in [9.17, 15) is 4.79 Å². The van der Waals surface area contributed by atoms with Gasteiger partial charge in [0.25, 0.3) is 5.91 Å². The minimum atomic E-state index is -0.250. The molecule has 36 heavy (non-hydrogen) atoms. The molecular weight excluding hydrogens is 452 g/mol. The van der Waals surface area contributed by atoms with Crippen molar-refractivity contribution in [2.24, 2.45) is 0 Å². The van der Waals surface area contributed by atoms with Crippen LogP contribution in [0.15, 0.2) is 60.9 Å². The minimum Gasteiger partial charge on any atom is -0.492 e. The van der Waals surface area contributed by atoms with E-state index in [1.807, 2.05) is 36.4 Å². The van der Waals surface area contributed by atoms with Gasteiger partial charge in [0.2, 0.25) is 0 Å². The van der Waals surface area contributed by atoms with E-state index in [0.717, 1.165) is 40.9 Å². The van der Waals surface area contributed by atoms with E-state index in [1.165, 1.54) is 6.42 Å². The number of H-pyrrole nitrogens is 1. The molecule has 2 aromatic heterocycles. The molecule has 0 spiro atoms. The summed E-state index contributed by atoms with van der Waals surface area (Å²) in [7, 11) is 0. The number of aromatic nitrogens is 3. The van der Waals surface area contributed by atoms with Gasteiger partial charge in [0.05, 0.1) is 17.3 Å². The highest BCUT2D eigenvalue weighted by Crippen LogP contribution is 2.34. The van der Waals surface area contributed by atoms with E-state index < -0.39 is 0 Å². The van der Waals surface area contributed by atoms with Crippen LogP contribution in [0.25, 0.3) is 10.9 Å². The summed E-state index contributed by atoms with van der Waals surface area (Å²) in [5.74, 6) is 1.02. The van der Waals surface area contributed by atoms with Gasteiger partial charge in [-0.15, -0.1) is 0 Å². The number of nitrogens with one attached hydrogen (secondary N) is 4. The molecule has 186 valence electrons. The Morgan fingerprint density at radius 1 is 1.14 bits per heavy atom. The second-order valence-corrected chi connectivity index (χ2v) is 10.2. The number of aromatic amines is 1. The Balaban J connectivity index is 1.35. The number of rotatable bonds is 7. The molecule has 1 atom stereocenters. The number of benzene rings is 2. The average Bonchev–Trinajstić information content (AvgIpc) is 3.54. The van der Waals surface area contributed by atoms with Gasteiger partial charge in [-0.25, -0.2) is 4.98 Å². The van der Waals surface area contributed by atoms with Crippen molar-refractivity contribution in [3.05, 3.63) is 72.1 Å². The van der Waals surface area contributed by atoms with Gasteiger partial charge in [-0.05, 0) is 66.8 Å². The summed E-state index contributed by atoms with van der Waals surface area (Å²) in [6, 6.07) is 15.6. The summed E-state index contributed by atoms with van der Waals surface area (Å²) >= 11 is 0. The summed E-state index contributed by atoms with van der Waals surface area (Å²) in [6.45, 7) is 8.13. The first-order valence-electron chi connectivity index (χ1n) is 12.3. The second-order valence-electron chi connectivity index (χ2n) is 10.2. The van der Waals surface area contributed by atoms with Crippen LogP contribution in [-0.2, 0) is 5.41 Å². The van der Waals surface area contributed by atoms with Gasteiger partial charge in [-0.3, -0.25) is 9.89 Å². The number of hydrogen-bond donors (Lipinski definition) is 4. The van der Waals surface area contributed by atoms with Crippen molar-refractivity contribution in [2.45, 2.75) is 45.1 Å². The number of nitrogens with zero attached hydrogens (tertiary/aromatic N) is 2. The molecule has 1 fully saturated rings. The topological polar surface area (TPSA) is 104 Å². The number of fused-ring (bicyclic) bond motifs is 1. The molecule has 5 rings (SSSR count). The molecule has 4 N–H and O–H groups in total. The van der Waals surface area contributed by atoms with Crippen molar-refractivity contribution in [2.75, 3.05) is 23.8 Å². The largest absolute Gasteiger partial charge is 0.492 e. The molecule has 0 saturated carbocycles. The highest BCUT2D eigenvalue weighted by molar-refractivity contribution is 6.08. The third-order valence-corrected chi connectivity index (χ3v) is 6.41. The van der Waals surface area contributed by atoms with Gasteiger partial charge < -0.3 is 20.7 Å². The van der Waals surface area contributed by atoms with Crippen LogP contribution < -0.4 is 20.7 Å². The van der Waals surface area contributed by atoms with Crippen molar-refractivity contribution >= 4 is 34.0 Å². The van der Waals surface area contributed by atoms with E-state index in [1.54, 1.807) is 24.5 Å². The highest BCUT2D eigenvalue weighted by Gasteiger charge is 2.22. The van der Waals surface area contributed by atoms with Crippen LogP contribution in [0.1, 0.15) is 49.5 Å². The normalized spacial score (nSPS) is 15.7. The predicted octanol–water partition coefficient (Wildman–Crippen LogP) is 5.38. The summed E-state index contributed by atoms with van der Waals surface area (Å²) in [6.07, 6.45) is 5.72. The van der Waals surface area contributed by atoms with Crippen LogP contribution in [-0.4, -0.2) is 40.3 Å². The van der Waals surface area contributed by atoms with Crippen LogP contribution in [0.3, 0.4) is 0 Å². The standard InChI is InChI=1S/C28H32N6O2/c1-28(2,3)23-11-10-20(15-25(23)36-17-21-6-4-12-29-21)33-27(35)22-7-5-13-30-26(22)32-19-9-8-18-16-31-34-24(18)14-19/h5,7-11,13-16,21,29H,4,6,12,17H2,1-3H3,(H,30,32)(H,31,34)(H,33,35)/t21-/m0/s1. The molecule has 8 heteroatoms. The number of pyridine rings is 1. The molecule has 4 aromatic rings. The maximum Gasteiger partial charge on any atom is 0.259 e. The van der Waals surface area contributed by atoms with E-state index in [-0.39, 0.29) is 11.3 Å². The van der Waals surface area contributed by atoms with Crippen LogP contribution >= 0.6 is 0 Å². The quantitative estimate of drug-likeness (QED) is 0.281. The third kappa shape index (κ3) is 5.33. The molecule has 0 bridgehead atoms. The molecular formula is C28H32N6O2. The zero-order chi connectivity index (χ0) is 25.1. The summed E-state index contributed by atoms with van der Waals surface area (Å²) in [4.78, 5) is 17.7. The van der Waals surface area contributed by atoms with Crippen molar-refractivity contribution in [1.29, 1.82) is 0 Å².